The number of aliphatic carboxylic acids is 1. The van der Waals surface area contributed by atoms with E-state index in [0.717, 1.165) is 18.8 Å². The van der Waals surface area contributed by atoms with Gasteiger partial charge in [0.2, 0.25) is 0 Å². The third-order valence-electron chi connectivity index (χ3n) is 3.67. The number of amides is 2. The van der Waals surface area contributed by atoms with Crippen LogP contribution in [0.2, 0.25) is 0 Å². The predicted molar refractivity (Wildman–Crippen MR) is 73.9 cm³/mol. The minimum atomic E-state index is -0.974. The smallest absolute Gasteiger partial charge is 0.326 e. The van der Waals surface area contributed by atoms with Crippen LogP contribution in [0, 0.1) is 17.8 Å². The Morgan fingerprint density at radius 3 is 2.47 bits per heavy atom. The van der Waals surface area contributed by atoms with Gasteiger partial charge in [-0.1, -0.05) is 27.2 Å². The molecular weight excluding hydrogens is 244 g/mol. The van der Waals surface area contributed by atoms with E-state index < -0.39 is 12.0 Å². The molecule has 110 valence electrons. The molecule has 0 aromatic carbocycles. The van der Waals surface area contributed by atoms with E-state index >= 15 is 0 Å². The second-order valence-corrected chi connectivity index (χ2v) is 6.16. The van der Waals surface area contributed by atoms with E-state index in [9.17, 15) is 9.59 Å². The molecule has 1 aliphatic rings. The van der Waals surface area contributed by atoms with Crippen molar-refractivity contribution in [2.24, 2.45) is 17.8 Å². The van der Waals surface area contributed by atoms with E-state index in [-0.39, 0.29) is 11.9 Å². The van der Waals surface area contributed by atoms with Crippen molar-refractivity contribution in [2.75, 3.05) is 6.54 Å². The van der Waals surface area contributed by atoms with E-state index in [0.29, 0.717) is 18.9 Å². The van der Waals surface area contributed by atoms with Gasteiger partial charge in [-0.25, -0.2) is 9.59 Å². The van der Waals surface area contributed by atoms with Crippen molar-refractivity contribution in [1.29, 1.82) is 0 Å². The molecule has 2 amide bonds. The molecule has 5 nitrogen and oxygen atoms in total. The van der Waals surface area contributed by atoms with Crippen molar-refractivity contribution in [2.45, 2.75) is 52.5 Å². The Kier molecular flexibility index (Phi) is 6.12. The standard InChI is InChI=1S/C14H26N2O3/c1-9(2)6-12(13(17)18)16-14(19)15-8-11-5-4-10(3)7-11/h9-12H,4-8H2,1-3H3,(H,17,18)(H2,15,16,19). The molecule has 0 bridgehead atoms. The molecule has 5 heteroatoms. The van der Waals surface area contributed by atoms with Crippen LogP contribution in [0.25, 0.3) is 0 Å². The first-order valence-electron chi connectivity index (χ1n) is 7.15. The lowest BCUT2D eigenvalue weighted by atomic mass is 10.0. The Bertz CT molecular complexity index is 318. The Labute approximate surface area is 115 Å². The number of carboxylic acid groups (broad SMARTS) is 1. The van der Waals surface area contributed by atoms with Crippen LogP contribution in [0.3, 0.4) is 0 Å². The largest absolute Gasteiger partial charge is 0.480 e. The molecular formula is C14H26N2O3. The molecule has 0 radical (unpaired) electrons. The number of nitrogens with one attached hydrogen (secondary N) is 2. The highest BCUT2D eigenvalue weighted by atomic mass is 16.4. The Balaban J connectivity index is 2.30. The lowest BCUT2D eigenvalue weighted by molar-refractivity contribution is -0.139. The van der Waals surface area contributed by atoms with Gasteiger partial charge in [-0.05, 0) is 37.0 Å². The molecule has 3 unspecified atom stereocenters. The summed E-state index contributed by atoms with van der Waals surface area (Å²) in [6.45, 7) is 6.75. The van der Waals surface area contributed by atoms with E-state index in [4.69, 9.17) is 5.11 Å². The van der Waals surface area contributed by atoms with E-state index in [1.807, 2.05) is 13.8 Å². The summed E-state index contributed by atoms with van der Waals surface area (Å²) in [5.41, 5.74) is 0. The van der Waals surface area contributed by atoms with Crippen LogP contribution < -0.4 is 10.6 Å². The first kappa shape index (κ1) is 15.8. The SMILES string of the molecule is CC(C)CC(NC(=O)NCC1CCC(C)C1)C(=O)O. The number of urea groups is 1. The predicted octanol–water partition coefficient (Wildman–Crippen LogP) is 2.22. The maximum absolute atomic E-state index is 11.7. The zero-order chi connectivity index (χ0) is 14.4. The average Bonchev–Trinajstić information content (AvgIpc) is 2.71. The van der Waals surface area contributed by atoms with Crippen LogP contribution in [-0.2, 0) is 4.79 Å². The topological polar surface area (TPSA) is 78.4 Å². The van der Waals surface area contributed by atoms with Crippen molar-refractivity contribution in [3.63, 3.8) is 0 Å². The van der Waals surface area contributed by atoms with Gasteiger partial charge < -0.3 is 15.7 Å². The molecule has 3 atom stereocenters. The number of hydrogen-bond acceptors (Lipinski definition) is 2. The molecule has 1 rings (SSSR count). The van der Waals surface area contributed by atoms with Crippen molar-refractivity contribution >= 4 is 12.0 Å². The summed E-state index contributed by atoms with van der Waals surface area (Å²) in [5.74, 6) is 0.534. The van der Waals surface area contributed by atoms with Gasteiger partial charge in [0.1, 0.15) is 6.04 Å². The third-order valence-corrected chi connectivity index (χ3v) is 3.67. The number of carbonyl (C=O) groups excluding carboxylic acids is 1. The normalized spacial score (nSPS) is 24.2. The maximum Gasteiger partial charge on any atom is 0.326 e. The first-order valence-corrected chi connectivity index (χ1v) is 7.15. The molecule has 0 aliphatic heterocycles. The molecule has 1 saturated carbocycles. The van der Waals surface area contributed by atoms with Gasteiger partial charge >= 0.3 is 12.0 Å². The minimum Gasteiger partial charge on any atom is -0.480 e. The summed E-state index contributed by atoms with van der Waals surface area (Å²) < 4.78 is 0. The third kappa shape index (κ3) is 5.94. The maximum atomic E-state index is 11.7. The summed E-state index contributed by atoms with van der Waals surface area (Å²) >= 11 is 0. The van der Waals surface area contributed by atoms with Gasteiger partial charge in [-0.3, -0.25) is 0 Å². The molecule has 1 aliphatic carbocycles. The zero-order valence-corrected chi connectivity index (χ0v) is 12.1. The molecule has 0 aromatic rings. The summed E-state index contributed by atoms with van der Waals surface area (Å²) in [4.78, 5) is 22.7. The van der Waals surface area contributed by atoms with E-state index in [1.54, 1.807) is 0 Å². The van der Waals surface area contributed by atoms with Crippen LogP contribution >= 0.6 is 0 Å². The highest BCUT2D eigenvalue weighted by molar-refractivity contribution is 5.82. The van der Waals surface area contributed by atoms with Crippen molar-refractivity contribution in [3.8, 4) is 0 Å². The number of carboxylic acids is 1. The quantitative estimate of drug-likeness (QED) is 0.692. The van der Waals surface area contributed by atoms with Crippen molar-refractivity contribution in [1.82, 2.24) is 10.6 Å². The van der Waals surface area contributed by atoms with Crippen LogP contribution in [-0.4, -0.2) is 29.7 Å². The van der Waals surface area contributed by atoms with Gasteiger partial charge in [0.25, 0.3) is 0 Å². The van der Waals surface area contributed by atoms with Gasteiger partial charge in [0.15, 0.2) is 0 Å². The highest BCUT2D eigenvalue weighted by Crippen LogP contribution is 2.29. The van der Waals surface area contributed by atoms with E-state index in [1.165, 1.54) is 6.42 Å². The lowest BCUT2D eigenvalue weighted by Crippen LogP contribution is -2.47. The highest BCUT2D eigenvalue weighted by Gasteiger charge is 2.23. The molecule has 1 fully saturated rings. The fourth-order valence-electron chi connectivity index (χ4n) is 2.65. The molecule has 0 aromatic heterocycles. The Morgan fingerprint density at radius 2 is 2.00 bits per heavy atom. The van der Waals surface area contributed by atoms with Crippen LogP contribution in [0.1, 0.15) is 46.5 Å². The van der Waals surface area contributed by atoms with Crippen molar-refractivity contribution in [3.05, 3.63) is 0 Å². The zero-order valence-electron chi connectivity index (χ0n) is 12.1. The van der Waals surface area contributed by atoms with Crippen LogP contribution in [0.15, 0.2) is 0 Å². The minimum absolute atomic E-state index is 0.233. The first-order chi connectivity index (χ1) is 8.88. The van der Waals surface area contributed by atoms with Crippen LogP contribution in [0.4, 0.5) is 4.79 Å². The van der Waals surface area contributed by atoms with Crippen molar-refractivity contribution < 1.29 is 14.7 Å². The summed E-state index contributed by atoms with van der Waals surface area (Å²) in [5, 5.41) is 14.4. The Morgan fingerprint density at radius 1 is 1.32 bits per heavy atom. The Hall–Kier alpha value is -1.26. The number of carbonyl (C=O) groups is 2. The monoisotopic (exact) mass is 270 g/mol. The number of rotatable bonds is 6. The summed E-state index contributed by atoms with van der Waals surface area (Å²) in [6.07, 6.45) is 3.96. The summed E-state index contributed by atoms with van der Waals surface area (Å²) in [7, 11) is 0. The van der Waals surface area contributed by atoms with Gasteiger partial charge in [-0.15, -0.1) is 0 Å². The fourth-order valence-corrected chi connectivity index (χ4v) is 2.65. The molecule has 3 N–H and O–H groups in total. The fraction of sp³-hybridized carbons (Fsp3) is 0.857. The number of hydrogen-bond donors (Lipinski definition) is 3. The molecule has 0 spiro atoms. The lowest BCUT2D eigenvalue weighted by Gasteiger charge is -2.18. The average molecular weight is 270 g/mol. The second kappa shape index (κ2) is 7.36. The van der Waals surface area contributed by atoms with Gasteiger partial charge in [-0.2, -0.15) is 0 Å². The molecule has 19 heavy (non-hydrogen) atoms. The molecule has 0 heterocycles. The van der Waals surface area contributed by atoms with E-state index in [2.05, 4.69) is 17.6 Å². The van der Waals surface area contributed by atoms with Gasteiger partial charge in [0, 0.05) is 6.54 Å². The summed E-state index contributed by atoms with van der Waals surface area (Å²) in [6, 6.07) is -1.17. The second-order valence-electron chi connectivity index (χ2n) is 6.16. The molecule has 0 saturated heterocycles. The van der Waals surface area contributed by atoms with Gasteiger partial charge in [0.05, 0.1) is 0 Å². The van der Waals surface area contributed by atoms with Crippen LogP contribution in [0.5, 0.6) is 0 Å².